The van der Waals surface area contributed by atoms with E-state index in [9.17, 15) is 9.59 Å². The molecule has 0 aliphatic heterocycles. The number of amides is 2. The van der Waals surface area contributed by atoms with Crippen LogP contribution in [0.5, 0.6) is 0 Å². The minimum Gasteiger partial charge on any atom is -0.352 e. The van der Waals surface area contributed by atoms with Crippen LogP contribution >= 0.6 is 15.9 Å². The van der Waals surface area contributed by atoms with Gasteiger partial charge in [0.15, 0.2) is 0 Å². The van der Waals surface area contributed by atoms with Crippen molar-refractivity contribution < 1.29 is 9.59 Å². The summed E-state index contributed by atoms with van der Waals surface area (Å²) in [5, 5.41) is 5.42. The first-order valence-corrected chi connectivity index (χ1v) is 8.29. The summed E-state index contributed by atoms with van der Waals surface area (Å²) in [6.07, 6.45) is 0.218. The van der Waals surface area contributed by atoms with Crippen LogP contribution < -0.4 is 10.6 Å². The molecule has 0 radical (unpaired) electrons. The van der Waals surface area contributed by atoms with Gasteiger partial charge in [0.2, 0.25) is 5.91 Å². The number of hydrogen-bond acceptors (Lipinski definition) is 2. The maximum atomic E-state index is 11.9. The molecule has 2 aromatic rings. The first kappa shape index (κ1) is 17.8. The van der Waals surface area contributed by atoms with Crippen LogP contribution in [0.3, 0.4) is 0 Å². The van der Waals surface area contributed by atoms with Gasteiger partial charge in [0.05, 0.1) is 6.54 Å². The highest BCUT2D eigenvalue weighted by atomic mass is 79.9. The second-order valence-corrected chi connectivity index (χ2v) is 5.87. The van der Waals surface area contributed by atoms with E-state index in [2.05, 4.69) is 38.4 Å². The van der Waals surface area contributed by atoms with Crippen LogP contribution in [-0.4, -0.2) is 24.9 Å². The van der Waals surface area contributed by atoms with Gasteiger partial charge < -0.3 is 10.6 Å². The third-order valence-corrected chi connectivity index (χ3v) is 3.65. The lowest BCUT2D eigenvalue weighted by molar-refractivity contribution is -0.120. The molecule has 0 atom stereocenters. The Bertz CT molecular complexity index is 746. The molecular weight excluding hydrogens is 368 g/mol. The van der Waals surface area contributed by atoms with Crippen molar-refractivity contribution in [1.82, 2.24) is 10.6 Å². The Kier molecular flexibility index (Phi) is 7.06. The Hall–Kier alpha value is -2.58. The van der Waals surface area contributed by atoms with E-state index in [1.807, 2.05) is 30.3 Å². The van der Waals surface area contributed by atoms with E-state index in [0.29, 0.717) is 5.56 Å². The van der Waals surface area contributed by atoms with Crippen molar-refractivity contribution in [2.75, 3.05) is 13.1 Å². The van der Waals surface area contributed by atoms with Gasteiger partial charge in [-0.1, -0.05) is 46.0 Å². The summed E-state index contributed by atoms with van der Waals surface area (Å²) in [4.78, 5) is 23.6. The zero-order valence-corrected chi connectivity index (χ0v) is 14.6. The second kappa shape index (κ2) is 9.53. The fourth-order valence-electron chi connectivity index (χ4n) is 1.89. The lowest BCUT2D eigenvalue weighted by Crippen LogP contribution is -2.30. The number of carbonyl (C=O) groups excluding carboxylic acids is 2. The van der Waals surface area contributed by atoms with Crippen LogP contribution in [-0.2, 0) is 4.79 Å². The number of benzene rings is 2. The van der Waals surface area contributed by atoms with Gasteiger partial charge in [-0.05, 0) is 36.4 Å². The predicted octanol–water partition coefficient (Wildman–Crippen LogP) is 2.74. The van der Waals surface area contributed by atoms with E-state index in [4.69, 9.17) is 0 Å². The first-order valence-electron chi connectivity index (χ1n) is 7.49. The van der Waals surface area contributed by atoms with Gasteiger partial charge in [0, 0.05) is 28.6 Å². The normalized spacial score (nSPS) is 9.54. The van der Waals surface area contributed by atoms with Gasteiger partial charge in [0.1, 0.15) is 0 Å². The van der Waals surface area contributed by atoms with E-state index < -0.39 is 0 Å². The molecule has 0 fully saturated rings. The van der Waals surface area contributed by atoms with Crippen molar-refractivity contribution in [3.63, 3.8) is 0 Å². The minimum atomic E-state index is -0.195. The van der Waals surface area contributed by atoms with E-state index in [0.717, 1.165) is 10.0 Å². The molecule has 0 spiro atoms. The van der Waals surface area contributed by atoms with Crippen molar-refractivity contribution in [1.29, 1.82) is 0 Å². The molecular formula is C19H17BrN2O2. The van der Waals surface area contributed by atoms with E-state index in [1.54, 1.807) is 24.3 Å². The quantitative estimate of drug-likeness (QED) is 0.778. The summed E-state index contributed by atoms with van der Waals surface area (Å²) in [7, 11) is 0. The van der Waals surface area contributed by atoms with Crippen molar-refractivity contribution in [2.24, 2.45) is 0 Å². The second-order valence-electron chi connectivity index (χ2n) is 4.96. The maximum absolute atomic E-state index is 11.9. The highest BCUT2D eigenvalue weighted by molar-refractivity contribution is 9.10. The van der Waals surface area contributed by atoms with Gasteiger partial charge in [-0.3, -0.25) is 9.59 Å². The van der Waals surface area contributed by atoms with Crippen molar-refractivity contribution in [3.8, 4) is 11.8 Å². The lowest BCUT2D eigenvalue weighted by atomic mass is 10.2. The zero-order valence-electron chi connectivity index (χ0n) is 13.0. The number of nitrogens with one attached hydrogen (secondary N) is 2. The summed E-state index contributed by atoms with van der Waals surface area (Å²) in [6, 6.07) is 16.6. The Balaban J connectivity index is 1.65. The predicted molar refractivity (Wildman–Crippen MR) is 97.4 cm³/mol. The van der Waals surface area contributed by atoms with Gasteiger partial charge in [-0.15, -0.1) is 0 Å². The standard InChI is InChI=1S/C19H17BrN2O2/c20-17-10-8-16(9-11-17)19(24)22-14-12-18(23)21-13-4-7-15-5-2-1-3-6-15/h1-3,5-6,8-11H,12-14H2,(H,21,23)(H,22,24). The molecule has 122 valence electrons. The molecule has 2 amide bonds. The average molecular weight is 385 g/mol. The fourth-order valence-corrected chi connectivity index (χ4v) is 2.16. The Morgan fingerprint density at radius 3 is 2.38 bits per heavy atom. The highest BCUT2D eigenvalue weighted by Gasteiger charge is 2.05. The van der Waals surface area contributed by atoms with E-state index in [-0.39, 0.29) is 31.3 Å². The molecule has 0 aliphatic rings. The summed E-state index contributed by atoms with van der Waals surface area (Å²) in [6.45, 7) is 0.571. The molecule has 2 rings (SSSR count). The minimum absolute atomic E-state index is 0.145. The first-order chi connectivity index (χ1) is 11.6. The average Bonchev–Trinajstić information content (AvgIpc) is 2.60. The third kappa shape index (κ3) is 6.27. The smallest absolute Gasteiger partial charge is 0.251 e. The largest absolute Gasteiger partial charge is 0.352 e. The van der Waals surface area contributed by atoms with Gasteiger partial charge in [0.25, 0.3) is 5.91 Å². The van der Waals surface area contributed by atoms with Crippen molar-refractivity contribution >= 4 is 27.7 Å². The molecule has 0 bridgehead atoms. The van der Waals surface area contributed by atoms with E-state index >= 15 is 0 Å². The molecule has 0 saturated heterocycles. The van der Waals surface area contributed by atoms with Gasteiger partial charge >= 0.3 is 0 Å². The Morgan fingerprint density at radius 1 is 0.958 bits per heavy atom. The molecule has 2 aromatic carbocycles. The number of rotatable bonds is 5. The van der Waals surface area contributed by atoms with Crippen molar-refractivity contribution in [2.45, 2.75) is 6.42 Å². The van der Waals surface area contributed by atoms with E-state index in [1.165, 1.54) is 0 Å². The maximum Gasteiger partial charge on any atom is 0.251 e. The molecule has 0 saturated carbocycles. The molecule has 0 unspecified atom stereocenters. The van der Waals surface area contributed by atoms with Crippen LogP contribution in [0.25, 0.3) is 0 Å². The molecule has 2 N–H and O–H groups in total. The van der Waals surface area contributed by atoms with Crippen LogP contribution in [0.1, 0.15) is 22.3 Å². The van der Waals surface area contributed by atoms with Crippen LogP contribution in [0.4, 0.5) is 0 Å². The van der Waals surface area contributed by atoms with Crippen LogP contribution in [0, 0.1) is 11.8 Å². The molecule has 5 heteroatoms. The summed E-state index contributed by atoms with van der Waals surface area (Å²) in [5.41, 5.74) is 1.47. The number of carbonyl (C=O) groups is 2. The summed E-state index contributed by atoms with van der Waals surface area (Å²) < 4.78 is 0.912. The highest BCUT2D eigenvalue weighted by Crippen LogP contribution is 2.10. The number of halogens is 1. The molecule has 0 aliphatic carbocycles. The van der Waals surface area contributed by atoms with Crippen LogP contribution in [0.15, 0.2) is 59.1 Å². The molecule has 0 aromatic heterocycles. The SMILES string of the molecule is O=C(CCNC(=O)c1ccc(Br)cc1)NCC#Cc1ccccc1. The Morgan fingerprint density at radius 2 is 1.67 bits per heavy atom. The monoisotopic (exact) mass is 384 g/mol. The summed E-state index contributed by atoms with van der Waals surface area (Å²) in [5.74, 6) is 5.51. The zero-order chi connectivity index (χ0) is 17.2. The summed E-state index contributed by atoms with van der Waals surface area (Å²) >= 11 is 3.32. The molecule has 4 nitrogen and oxygen atoms in total. The fraction of sp³-hybridized carbons (Fsp3) is 0.158. The topological polar surface area (TPSA) is 58.2 Å². The van der Waals surface area contributed by atoms with Gasteiger partial charge in [-0.25, -0.2) is 0 Å². The van der Waals surface area contributed by atoms with Gasteiger partial charge in [-0.2, -0.15) is 0 Å². The molecule has 0 heterocycles. The third-order valence-electron chi connectivity index (χ3n) is 3.12. The molecule has 24 heavy (non-hydrogen) atoms. The van der Waals surface area contributed by atoms with Crippen molar-refractivity contribution in [3.05, 3.63) is 70.2 Å². The Labute approximate surface area is 149 Å². The number of hydrogen-bond donors (Lipinski definition) is 2. The van der Waals surface area contributed by atoms with Crippen LogP contribution in [0.2, 0.25) is 0 Å². The lowest BCUT2D eigenvalue weighted by Gasteiger charge is -2.05.